The van der Waals surface area contributed by atoms with Gasteiger partial charge in [-0.25, -0.2) is 4.39 Å². The second-order valence-corrected chi connectivity index (χ2v) is 4.21. The number of tetrazole rings is 1. The van der Waals surface area contributed by atoms with E-state index in [0.717, 1.165) is 5.69 Å². The monoisotopic (exact) mass is 269 g/mol. The van der Waals surface area contributed by atoms with Crippen molar-refractivity contribution in [3.63, 3.8) is 0 Å². The number of nitrogens with one attached hydrogen (secondary N) is 1. The minimum atomic E-state index is -0.280. The van der Waals surface area contributed by atoms with Crippen LogP contribution in [0.5, 0.6) is 0 Å². The molecule has 20 heavy (non-hydrogen) atoms. The lowest BCUT2D eigenvalue weighted by atomic mass is 10.3. The van der Waals surface area contributed by atoms with E-state index in [4.69, 9.17) is 0 Å². The number of benzene rings is 2. The summed E-state index contributed by atoms with van der Waals surface area (Å²) in [4.78, 5) is 0. The molecule has 0 fully saturated rings. The SMILES string of the molecule is Fc1cccc(NCc2nnnn2-c2ccccc2)c1. The van der Waals surface area contributed by atoms with Crippen LogP contribution < -0.4 is 5.32 Å². The highest BCUT2D eigenvalue weighted by Gasteiger charge is 2.07. The molecule has 2 aromatic carbocycles. The van der Waals surface area contributed by atoms with Crippen LogP contribution in [0.4, 0.5) is 10.1 Å². The predicted octanol–water partition coefficient (Wildman–Crippen LogP) is 2.41. The van der Waals surface area contributed by atoms with E-state index in [1.54, 1.807) is 16.8 Å². The van der Waals surface area contributed by atoms with Crippen molar-refractivity contribution in [1.82, 2.24) is 20.2 Å². The van der Waals surface area contributed by atoms with Gasteiger partial charge < -0.3 is 5.32 Å². The number of para-hydroxylation sites is 1. The summed E-state index contributed by atoms with van der Waals surface area (Å²) in [6, 6.07) is 15.9. The van der Waals surface area contributed by atoms with Crippen LogP contribution in [0.1, 0.15) is 5.82 Å². The second kappa shape index (κ2) is 5.48. The summed E-state index contributed by atoms with van der Waals surface area (Å²) in [7, 11) is 0. The van der Waals surface area contributed by atoms with E-state index in [9.17, 15) is 4.39 Å². The van der Waals surface area contributed by atoms with Gasteiger partial charge in [-0.2, -0.15) is 4.68 Å². The van der Waals surface area contributed by atoms with Crippen molar-refractivity contribution in [1.29, 1.82) is 0 Å². The highest BCUT2D eigenvalue weighted by molar-refractivity contribution is 5.43. The van der Waals surface area contributed by atoms with Gasteiger partial charge in [-0.3, -0.25) is 0 Å². The van der Waals surface area contributed by atoms with E-state index in [2.05, 4.69) is 20.8 Å². The molecule has 0 bridgehead atoms. The number of anilines is 1. The highest BCUT2D eigenvalue weighted by Crippen LogP contribution is 2.12. The van der Waals surface area contributed by atoms with Gasteiger partial charge in [-0.1, -0.05) is 24.3 Å². The molecule has 0 aliphatic rings. The number of nitrogens with zero attached hydrogens (tertiary/aromatic N) is 4. The quantitative estimate of drug-likeness (QED) is 0.790. The number of hydrogen-bond acceptors (Lipinski definition) is 4. The van der Waals surface area contributed by atoms with E-state index >= 15 is 0 Å². The van der Waals surface area contributed by atoms with Crippen molar-refractivity contribution >= 4 is 5.69 Å². The molecule has 0 saturated heterocycles. The molecule has 3 rings (SSSR count). The third kappa shape index (κ3) is 2.64. The number of aromatic nitrogens is 4. The van der Waals surface area contributed by atoms with Crippen molar-refractivity contribution in [3.05, 3.63) is 66.2 Å². The van der Waals surface area contributed by atoms with Gasteiger partial charge in [0.2, 0.25) is 0 Å². The minimum Gasteiger partial charge on any atom is -0.378 e. The molecule has 100 valence electrons. The van der Waals surface area contributed by atoms with Crippen LogP contribution in [0.15, 0.2) is 54.6 Å². The third-order valence-electron chi connectivity index (χ3n) is 2.81. The van der Waals surface area contributed by atoms with Gasteiger partial charge in [0.15, 0.2) is 5.82 Å². The van der Waals surface area contributed by atoms with E-state index in [-0.39, 0.29) is 5.82 Å². The maximum Gasteiger partial charge on any atom is 0.175 e. The first-order valence-electron chi connectivity index (χ1n) is 6.15. The summed E-state index contributed by atoms with van der Waals surface area (Å²) < 4.78 is 14.7. The molecule has 0 atom stereocenters. The molecule has 1 N–H and O–H groups in total. The number of hydrogen-bond donors (Lipinski definition) is 1. The first kappa shape index (κ1) is 12.3. The second-order valence-electron chi connectivity index (χ2n) is 4.21. The molecule has 6 heteroatoms. The van der Waals surface area contributed by atoms with Crippen LogP contribution in [0.2, 0.25) is 0 Å². The lowest BCUT2D eigenvalue weighted by Gasteiger charge is -2.07. The molecule has 0 radical (unpaired) electrons. The maximum atomic E-state index is 13.1. The van der Waals surface area contributed by atoms with Crippen LogP contribution in [-0.2, 0) is 6.54 Å². The van der Waals surface area contributed by atoms with Crippen molar-refractivity contribution in [2.45, 2.75) is 6.54 Å². The predicted molar refractivity (Wildman–Crippen MR) is 72.9 cm³/mol. The molecular weight excluding hydrogens is 257 g/mol. The fourth-order valence-electron chi connectivity index (χ4n) is 1.87. The number of halogens is 1. The van der Waals surface area contributed by atoms with Crippen LogP contribution in [0.3, 0.4) is 0 Å². The molecule has 0 amide bonds. The molecule has 0 saturated carbocycles. The molecule has 5 nitrogen and oxygen atoms in total. The molecule has 0 unspecified atom stereocenters. The van der Waals surface area contributed by atoms with Crippen LogP contribution in [0, 0.1) is 5.82 Å². The van der Waals surface area contributed by atoms with Crippen molar-refractivity contribution in [2.75, 3.05) is 5.32 Å². The van der Waals surface area contributed by atoms with Gasteiger partial charge in [0.25, 0.3) is 0 Å². The topological polar surface area (TPSA) is 55.6 Å². The molecule has 0 spiro atoms. The zero-order chi connectivity index (χ0) is 13.8. The zero-order valence-corrected chi connectivity index (χ0v) is 10.6. The van der Waals surface area contributed by atoms with Gasteiger partial charge >= 0.3 is 0 Å². The molecule has 3 aromatic rings. The Hall–Kier alpha value is -2.76. The first-order chi connectivity index (χ1) is 9.83. The Kier molecular flexibility index (Phi) is 3.36. The normalized spacial score (nSPS) is 10.4. The van der Waals surface area contributed by atoms with E-state index in [0.29, 0.717) is 18.1 Å². The van der Waals surface area contributed by atoms with Gasteiger partial charge in [0.05, 0.1) is 12.2 Å². The Bertz CT molecular complexity index is 696. The fourth-order valence-corrected chi connectivity index (χ4v) is 1.87. The van der Waals surface area contributed by atoms with Gasteiger partial charge in [0, 0.05) is 5.69 Å². The summed E-state index contributed by atoms with van der Waals surface area (Å²) in [5.41, 5.74) is 1.57. The van der Waals surface area contributed by atoms with Crippen molar-refractivity contribution in [2.24, 2.45) is 0 Å². The molecule has 1 heterocycles. The van der Waals surface area contributed by atoms with Gasteiger partial charge in [-0.05, 0) is 40.8 Å². The maximum absolute atomic E-state index is 13.1. The van der Waals surface area contributed by atoms with E-state index in [1.165, 1.54) is 12.1 Å². The summed E-state index contributed by atoms with van der Waals surface area (Å²) >= 11 is 0. The Morgan fingerprint density at radius 3 is 2.70 bits per heavy atom. The Labute approximate surface area is 115 Å². The van der Waals surface area contributed by atoms with E-state index in [1.807, 2.05) is 30.3 Å². The largest absolute Gasteiger partial charge is 0.378 e. The standard InChI is InChI=1S/C14H12FN5/c15-11-5-4-6-12(9-11)16-10-14-17-18-19-20(14)13-7-2-1-3-8-13/h1-9,16H,10H2. The lowest BCUT2D eigenvalue weighted by Crippen LogP contribution is -2.08. The third-order valence-corrected chi connectivity index (χ3v) is 2.81. The number of rotatable bonds is 4. The summed E-state index contributed by atoms with van der Waals surface area (Å²) in [5.74, 6) is 0.373. The van der Waals surface area contributed by atoms with Gasteiger partial charge in [-0.15, -0.1) is 5.10 Å². The zero-order valence-electron chi connectivity index (χ0n) is 10.6. The first-order valence-corrected chi connectivity index (χ1v) is 6.15. The Balaban J connectivity index is 1.78. The average Bonchev–Trinajstić information content (AvgIpc) is 2.95. The van der Waals surface area contributed by atoms with E-state index < -0.39 is 0 Å². The molecule has 1 aromatic heterocycles. The van der Waals surface area contributed by atoms with Crippen molar-refractivity contribution < 1.29 is 4.39 Å². The fraction of sp³-hybridized carbons (Fsp3) is 0.0714. The highest BCUT2D eigenvalue weighted by atomic mass is 19.1. The molecule has 0 aliphatic carbocycles. The summed E-state index contributed by atoms with van der Waals surface area (Å²) in [6.45, 7) is 0.408. The van der Waals surface area contributed by atoms with Crippen LogP contribution >= 0.6 is 0 Å². The van der Waals surface area contributed by atoms with Gasteiger partial charge in [0.1, 0.15) is 5.82 Å². The van der Waals surface area contributed by atoms with Crippen molar-refractivity contribution in [3.8, 4) is 5.69 Å². The Morgan fingerprint density at radius 2 is 1.90 bits per heavy atom. The van der Waals surface area contributed by atoms with Crippen LogP contribution in [-0.4, -0.2) is 20.2 Å². The lowest BCUT2D eigenvalue weighted by molar-refractivity contribution is 0.628. The average molecular weight is 269 g/mol. The van der Waals surface area contributed by atoms with Crippen LogP contribution in [0.25, 0.3) is 5.69 Å². The summed E-state index contributed by atoms with van der Waals surface area (Å²) in [6.07, 6.45) is 0. The minimum absolute atomic E-state index is 0.280. The molecule has 0 aliphatic heterocycles. The smallest absolute Gasteiger partial charge is 0.175 e. The summed E-state index contributed by atoms with van der Waals surface area (Å²) in [5, 5.41) is 14.7. The molecular formula is C14H12FN5. The Morgan fingerprint density at radius 1 is 1.05 bits per heavy atom.